The summed E-state index contributed by atoms with van der Waals surface area (Å²) in [6, 6.07) is 7.39. The minimum Gasteiger partial charge on any atom is -0.393 e. The number of aliphatic hydroxyl groups is 1. The van der Waals surface area contributed by atoms with Crippen LogP contribution in [0.4, 0.5) is 0 Å². The van der Waals surface area contributed by atoms with Crippen molar-refractivity contribution in [1.29, 1.82) is 0 Å². The van der Waals surface area contributed by atoms with Crippen molar-refractivity contribution in [1.82, 2.24) is 15.0 Å². The highest BCUT2D eigenvalue weighted by atomic mass is 35.5. The van der Waals surface area contributed by atoms with Crippen LogP contribution in [0.2, 0.25) is 5.02 Å². The van der Waals surface area contributed by atoms with Crippen molar-refractivity contribution in [2.24, 2.45) is 5.92 Å². The van der Waals surface area contributed by atoms with Gasteiger partial charge in [-0.25, -0.2) is 0 Å². The second-order valence-electron chi connectivity index (χ2n) is 5.59. The Bertz CT molecular complexity index is 616. The summed E-state index contributed by atoms with van der Waals surface area (Å²) < 4.78 is 5.32. The van der Waals surface area contributed by atoms with Gasteiger partial charge >= 0.3 is 0 Å². The van der Waals surface area contributed by atoms with Crippen LogP contribution in [0.5, 0.6) is 0 Å². The third-order valence-corrected chi connectivity index (χ3v) is 4.09. The van der Waals surface area contributed by atoms with Crippen LogP contribution in [0.15, 0.2) is 28.8 Å². The molecule has 112 valence electrons. The summed E-state index contributed by atoms with van der Waals surface area (Å²) in [6.45, 7) is 4.36. The van der Waals surface area contributed by atoms with Crippen LogP contribution < -0.4 is 0 Å². The van der Waals surface area contributed by atoms with Gasteiger partial charge in [-0.05, 0) is 24.5 Å². The van der Waals surface area contributed by atoms with Gasteiger partial charge in [0.15, 0.2) is 0 Å². The van der Waals surface area contributed by atoms with Crippen LogP contribution in [0.1, 0.15) is 19.2 Å². The molecule has 21 heavy (non-hydrogen) atoms. The molecule has 2 unspecified atom stereocenters. The first-order valence-corrected chi connectivity index (χ1v) is 7.48. The molecule has 1 aliphatic rings. The lowest BCUT2D eigenvalue weighted by molar-refractivity contribution is 0.0282. The van der Waals surface area contributed by atoms with Gasteiger partial charge in [-0.2, -0.15) is 4.98 Å². The summed E-state index contributed by atoms with van der Waals surface area (Å²) in [5.74, 6) is 1.42. The standard InChI is InChI=1S/C15H18ClN3O2/c1-10-8-19(6-5-13(10)20)9-14-17-15(18-21-14)11-3-2-4-12(16)7-11/h2-4,7,10,13,20H,5-6,8-9H2,1H3. The molecule has 1 N–H and O–H groups in total. The molecule has 0 spiro atoms. The fourth-order valence-electron chi connectivity index (χ4n) is 2.62. The quantitative estimate of drug-likeness (QED) is 0.944. The van der Waals surface area contributed by atoms with Crippen LogP contribution in [0.25, 0.3) is 11.4 Å². The molecule has 2 atom stereocenters. The summed E-state index contributed by atoms with van der Waals surface area (Å²) in [4.78, 5) is 6.65. The molecule has 0 saturated carbocycles. The lowest BCUT2D eigenvalue weighted by atomic mass is 9.97. The van der Waals surface area contributed by atoms with Gasteiger partial charge in [0.1, 0.15) is 0 Å². The van der Waals surface area contributed by atoms with E-state index in [-0.39, 0.29) is 12.0 Å². The normalized spacial score (nSPS) is 23.4. The molecule has 0 amide bonds. The van der Waals surface area contributed by atoms with E-state index in [9.17, 15) is 5.11 Å². The number of hydrogen-bond donors (Lipinski definition) is 1. The van der Waals surface area contributed by atoms with Gasteiger partial charge in [0.05, 0.1) is 12.6 Å². The predicted octanol–water partition coefficient (Wildman–Crippen LogP) is 2.59. The molecule has 1 aromatic heterocycles. The molecule has 2 heterocycles. The molecule has 0 bridgehead atoms. The van der Waals surface area contributed by atoms with Crippen molar-refractivity contribution in [2.75, 3.05) is 13.1 Å². The molecule has 6 heteroatoms. The maximum Gasteiger partial charge on any atom is 0.241 e. The Kier molecular flexibility index (Phi) is 4.24. The van der Waals surface area contributed by atoms with Crippen molar-refractivity contribution in [3.8, 4) is 11.4 Å². The SMILES string of the molecule is CC1CN(Cc2nc(-c3cccc(Cl)c3)no2)CCC1O. The second kappa shape index (κ2) is 6.13. The van der Waals surface area contributed by atoms with Gasteiger partial charge in [-0.3, -0.25) is 4.90 Å². The zero-order valence-corrected chi connectivity index (χ0v) is 12.6. The summed E-state index contributed by atoms with van der Waals surface area (Å²) in [7, 11) is 0. The third-order valence-electron chi connectivity index (χ3n) is 3.85. The highest BCUT2D eigenvalue weighted by molar-refractivity contribution is 6.30. The molecule has 1 aromatic carbocycles. The Hall–Kier alpha value is -1.43. The zero-order chi connectivity index (χ0) is 14.8. The molecular weight excluding hydrogens is 290 g/mol. The van der Waals surface area contributed by atoms with Gasteiger partial charge in [0, 0.05) is 23.7 Å². The van der Waals surface area contributed by atoms with Crippen molar-refractivity contribution < 1.29 is 9.63 Å². The van der Waals surface area contributed by atoms with Crippen molar-refractivity contribution in [3.05, 3.63) is 35.2 Å². The maximum absolute atomic E-state index is 9.75. The number of halogens is 1. The number of aliphatic hydroxyl groups excluding tert-OH is 1. The van der Waals surface area contributed by atoms with Crippen molar-refractivity contribution >= 4 is 11.6 Å². The van der Waals surface area contributed by atoms with Gasteiger partial charge in [-0.1, -0.05) is 35.8 Å². The summed E-state index contributed by atoms with van der Waals surface area (Å²) in [5.41, 5.74) is 0.847. The Morgan fingerprint density at radius 1 is 1.48 bits per heavy atom. The summed E-state index contributed by atoms with van der Waals surface area (Å²) in [6.07, 6.45) is 0.585. The van der Waals surface area contributed by atoms with Gasteiger partial charge in [0.2, 0.25) is 11.7 Å². The molecule has 0 radical (unpaired) electrons. The van der Waals surface area contributed by atoms with E-state index in [0.717, 1.165) is 25.1 Å². The van der Waals surface area contributed by atoms with E-state index < -0.39 is 0 Å². The Labute approximate surface area is 128 Å². The number of aromatic nitrogens is 2. The first-order chi connectivity index (χ1) is 10.1. The largest absolute Gasteiger partial charge is 0.393 e. The molecule has 5 nitrogen and oxygen atoms in total. The summed E-state index contributed by atoms with van der Waals surface area (Å²) >= 11 is 5.97. The van der Waals surface area contributed by atoms with Gasteiger partial charge in [-0.15, -0.1) is 0 Å². The number of rotatable bonds is 3. The number of benzene rings is 1. The van der Waals surface area contributed by atoms with E-state index in [1.807, 2.05) is 24.3 Å². The number of nitrogens with zero attached hydrogens (tertiary/aromatic N) is 3. The molecule has 1 aliphatic heterocycles. The minimum absolute atomic E-state index is 0.203. The number of piperidine rings is 1. The molecule has 1 fully saturated rings. The first-order valence-electron chi connectivity index (χ1n) is 7.11. The fourth-order valence-corrected chi connectivity index (χ4v) is 2.81. The molecule has 0 aliphatic carbocycles. The van der Waals surface area contributed by atoms with Crippen molar-refractivity contribution in [2.45, 2.75) is 26.0 Å². The van der Waals surface area contributed by atoms with Crippen LogP contribution in [-0.2, 0) is 6.54 Å². The highest BCUT2D eigenvalue weighted by Gasteiger charge is 2.25. The predicted molar refractivity (Wildman–Crippen MR) is 79.8 cm³/mol. The lowest BCUT2D eigenvalue weighted by Gasteiger charge is -2.33. The average molecular weight is 308 g/mol. The third kappa shape index (κ3) is 3.43. The van der Waals surface area contributed by atoms with Gasteiger partial charge < -0.3 is 9.63 Å². The van der Waals surface area contributed by atoms with Crippen LogP contribution >= 0.6 is 11.6 Å². The molecule has 2 aromatic rings. The van der Waals surface area contributed by atoms with E-state index in [1.165, 1.54) is 0 Å². The average Bonchev–Trinajstić information content (AvgIpc) is 2.91. The van der Waals surface area contributed by atoms with Crippen LogP contribution in [0.3, 0.4) is 0 Å². The fraction of sp³-hybridized carbons (Fsp3) is 0.467. The zero-order valence-electron chi connectivity index (χ0n) is 11.9. The maximum atomic E-state index is 9.75. The monoisotopic (exact) mass is 307 g/mol. The van der Waals surface area contributed by atoms with Crippen molar-refractivity contribution in [3.63, 3.8) is 0 Å². The molecule has 3 rings (SSSR count). The first kappa shape index (κ1) is 14.5. The van der Waals surface area contributed by atoms with E-state index in [4.69, 9.17) is 16.1 Å². The van der Waals surface area contributed by atoms with E-state index in [2.05, 4.69) is 22.0 Å². The highest BCUT2D eigenvalue weighted by Crippen LogP contribution is 2.22. The van der Waals surface area contributed by atoms with E-state index >= 15 is 0 Å². The number of likely N-dealkylation sites (tertiary alicyclic amines) is 1. The minimum atomic E-state index is -0.203. The van der Waals surface area contributed by atoms with E-state index in [0.29, 0.717) is 23.3 Å². The van der Waals surface area contributed by atoms with Crippen LogP contribution in [-0.4, -0.2) is 39.3 Å². The Balaban J connectivity index is 1.68. The lowest BCUT2D eigenvalue weighted by Crippen LogP contribution is -2.41. The smallest absolute Gasteiger partial charge is 0.241 e. The molecule has 1 saturated heterocycles. The molecular formula is C15H18ClN3O2. The van der Waals surface area contributed by atoms with E-state index in [1.54, 1.807) is 0 Å². The Morgan fingerprint density at radius 2 is 2.33 bits per heavy atom. The van der Waals surface area contributed by atoms with Gasteiger partial charge in [0.25, 0.3) is 0 Å². The van der Waals surface area contributed by atoms with Crippen LogP contribution in [0, 0.1) is 5.92 Å². The second-order valence-corrected chi connectivity index (χ2v) is 6.03. The number of hydrogen-bond acceptors (Lipinski definition) is 5. The summed E-state index contributed by atoms with van der Waals surface area (Å²) in [5, 5.41) is 14.4. The topological polar surface area (TPSA) is 62.4 Å². The Morgan fingerprint density at radius 3 is 3.10 bits per heavy atom.